The second kappa shape index (κ2) is 5.57. The molecule has 1 aliphatic carbocycles. The molecule has 0 saturated heterocycles. The van der Waals surface area contributed by atoms with Crippen molar-refractivity contribution in [1.29, 1.82) is 0 Å². The third kappa shape index (κ3) is 2.35. The van der Waals surface area contributed by atoms with Gasteiger partial charge in [-0.3, -0.25) is 4.68 Å². The second-order valence-corrected chi connectivity index (χ2v) is 6.31. The molecule has 1 aromatic carbocycles. The van der Waals surface area contributed by atoms with E-state index in [4.69, 9.17) is 5.10 Å². The highest BCUT2D eigenvalue weighted by molar-refractivity contribution is 5.82. The molecule has 0 radical (unpaired) electrons. The standard InChI is InChI=1S/C17H25N3/c1-12-8-10-13(11-9-12)16(18-2)17-14-6-4-5-7-15(14)20(3)19-17/h4-7,12-13,16,18H,8-11H2,1-3H3. The van der Waals surface area contributed by atoms with Crippen LogP contribution in [0.25, 0.3) is 10.9 Å². The number of rotatable bonds is 3. The van der Waals surface area contributed by atoms with Gasteiger partial charge in [0.15, 0.2) is 0 Å². The van der Waals surface area contributed by atoms with Crippen LogP contribution in [0.15, 0.2) is 24.3 Å². The quantitative estimate of drug-likeness (QED) is 0.923. The maximum absolute atomic E-state index is 4.81. The van der Waals surface area contributed by atoms with Crippen molar-refractivity contribution in [3.05, 3.63) is 30.0 Å². The van der Waals surface area contributed by atoms with E-state index >= 15 is 0 Å². The first-order valence-corrected chi connectivity index (χ1v) is 7.79. The highest BCUT2D eigenvalue weighted by atomic mass is 15.3. The maximum Gasteiger partial charge on any atom is 0.0875 e. The summed E-state index contributed by atoms with van der Waals surface area (Å²) in [6, 6.07) is 8.94. The Balaban J connectivity index is 1.95. The molecule has 1 atom stereocenters. The van der Waals surface area contributed by atoms with Crippen LogP contribution in [-0.2, 0) is 7.05 Å². The Labute approximate surface area is 121 Å². The third-order valence-corrected chi connectivity index (χ3v) is 4.92. The van der Waals surface area contributed by atoms with Crippen molar-refractivity contribution in [2.24, 2.45) is 18.9 Å². The predicted octanol–water partition coefficient (Wildman–Crippen LogP) is 3.66. The molecule has 2 aromatic rings. The molecule has 1 heterocycles. The fraction of sp³-hybridized carbons (Fsp3) is 0.588. The van der Waals surface area contributed by atoms with E-state index in [9.17, 15) is 0 Å². The summed E-state index contributed by atoms with van der Waals surface area (Å²) < 4.78 is 2.01. The van der Waals surface area contributed by atoms with Crippen molar-refractivity contribution >= 4 is 10.9 Å². The molecule has 1 aliphatic rings. The van der Waals surface area contributed by atoms with Gasteiger partial charge < -0.3 is 5.32 Å². The van der Waals surface area contributed by atoms with Gasteiger partial charge in [-0.1, -0.05) is 38.0 Å². The van der Waals surface area contributed by atoms with Crippen LogP contribution in [0.1, 0.15) is 44.3 Å². The molecule has 0 bridgehead atoms. The maximum atomic E-state index is 4.81. The molecule has 108 valence electrons. The molecule has 0 aliphatic heterocycles. The summed E-state index contributed by atoms with van der Waals surface area (Å²) >= 11 is 0. The minimum absolute atomic E-state index is 0.383. The summed E-state index contributed by atoms with van der Waals surface area (Å²) in [5.41, 5.74) is 2.46. The van der Waals surface area contributed by atoms with Gasteiger partial charge in [-0.15, -0.1) is 0 Å². The van der Waals surface area contributed by atoms with Crippen molar-refractivity contribution < 1.29 is 0 Å². The van der Waals surface area contributed by atoms with Gasteiger partial charge in [-0.25, -0.2) is 0 Å². The summed E-state index contributed by atoms with van der Waals surface area (Å²) in [4.78, 5) is 0. The molecule has 1 fully saturated rings. The number of aryl methyl sites for hydroxylation is 1. The largest absolute Gasteiger partial charge is 0.311 e. The van der Waals surface area contributed by atoms with Crippen molar-refractivity contribution in [3.8, 4) is 0 Å². The molecule has 20 heavy (non-hydrogen) atoms. The van der Waals surface area contributed by atoms with Crippen LogP contribution in [0.3, 0.4) is 0 Å². The Morgan fingerprint density at radius 3 is 2.60 bits per heavy atom. The van der Waals surface area contributed by atoms with Crippen molar-refractivity contribution in [1.82, 2.24) is 15.1 Å². The van der Waals surface area contributed by atoms with Gasteiger partial charge in [0.1, 0.15) is 0 Å². The number of aromatic nitrogens is 2. The minimum Gasteiger partial charge on any atom is -0.311 e. The lowest BCUT2D eigenvalue weighted by Gasteiger charge is -2.31. The smallest absolute Gasteiger partial charge is 0.0875 e. The first-order valence-electron chi connectivity index (χ1n) is 7.79. The van der Waals surface area contributed by atoms with Gasteiger partial charge in [-0.2, -0.15) is 5.10 Å². The minimum atomic E-state index is 0.383. The first-order chi connectivity index (χ1) is 9.70. The molecule has 0 amide bonds. The molecule has 3 rings (SSSR count). The number of nitrogens with zero attached hydrogens (tertiary/aromatic N) is 2. The van der Waals surface area contributed by atoms with Crippen molar-refractivity contribution in [3.63, 3.8) is 0 Å². The molecular weight excluding hydrogens is 246 g/mol. The SMILES string of the molecule is CNC(c1nn(C)c2ccccc12)C1CCC(C)CC1. The van der Waals surface area contributed by atoms with Gasteiger partial charge in [0, 0.05) is 12.4 Å². The first kappa shape index (κ1) is 13.6. The lowest BCUT2D eigenvalue weighted by atomic mass is 9.78. The number of hydrogen-bond acceptors (Lipinski definition) is 2. The zero-order chi connectivity index (χ0) is 14.1. The molecule has 3 heteroatoms. The summed E-state index contributed by atoms with van der Waals surface area (Å²) in [6.07, 6.45) is 5.34. The molecule has 3 nitrogen and oxygen atoms in total. The number of nitrogens with one attached hydrogen (secondary N) is 1. The molecule has 1 unspecified atom stereocenters. The molecular formula is C17H25N3. The normalized spacial score (nSPS) is 24.9. The Morgan fingerprint density at radius 2 is 1.90 bits per heavy atom. The fourth-order valence-electron chi connectivity index (χ4n) is 3.69. The summed E-state index contributed by atoms with van der Waals surface area (Å²) in [7, 11) is 4.12. The van der Waals surface area contributed by atoms with E-state index in [-0.39, 0.29) is 0 Å². The Bertz CT molecular complexity index is 579. The summed E-state index contributed by atoms with van der Waals surface area (Å²) in [5.74, 6) is 1.61. The number of benzene rings is 1. The third-order valence-electron chi connectivity index (χ3n) is 4.92. The van der Waals surface area contributed by atoms with E-state index in [2.05, 4.69) is 43.6 Å². The molecule has 1 saturated carbocycles. The van der Waals surface area contributed by atoms with Crippen LogP contribution in [0.2, 0.25) is 0 Å². The Hall–Kier alpha value is -1.35. The number of fused-ring (bicyclic) bond motifs is 1. The Morgan fingerprint density at radius 1 is 1.20 bits per heavy atom. The van der Waals surface area contributed by atoms with E-state index in [1.165, 1.54) is 42.3 Å². The topological polar surface area (TPSA) is 29.9 Å². The van der Waals surface area contributed by atoms with Crippen molar-refractivity contribution in [2.45, 2.75) is 38.6 Å². The highest BCUT2D eigenvalue weighted by Crippen LogP contribution is 2.38. The van der Waals surface area contributed by atoms with E-state index in [0.29, 0.717) is 6.04 Å². The van der Waals surface area contributed by atoms with Gasteiger partial charge in [0.2, 0.25) is 0 Å². The van der Waals surface area contributed by atoms with Gasteiger partial charge in [-0.05, 0) is 37.8 Å². The fourth-order valence-corrected chi connectivity index (χ4v) is 3.69. The zero-order valence-electron chi connectivity index (χ0n) is 12.8. The summed E-state index contributed by atoms with van der Waals surface area (Å²) in [6.45, 7) is 2.38. The van der Waals surface area contributed by atoms with E-state index in [1.54, 1.807) is 0 Å². The monoisotopic (exact) mass is 271 g/mol. The lowest BCUT2D eigenvalue weighted by molar-refractivity contribution is 0.235. The summed E-state index contributed by atoms with van der Waals surface area (Å²) in [5, 5.41) is 9.64. The van der Waals surface area contributed by atoms with Crippen LogP contribution in [-0.4, -0.2) is 16.8 Å². The van der Waals surface area contributed by atoms with Gasteiger partial charge in [0.25, 0.3) is 0 Å². The number of para-hydroxylation sites is 1. The van der Waals surface area contributed by atoms with Gasteiger partial charge in [0.05, 0.1) is 17.3 Å². The average molecular weight is 271 g/mol. The Kier molecular flexibility index (Phi) is 3.79. The van der Waals surface area contributed by atoms with Gasteiger partial charge >= 0.3 is 0 Å². The molecule has 0 spiro atoms. The highest BCUT2D eigenvalue weighted by Gasteiger charge is 2.29. The van der Waals surface area contributed by atoms with Crippen LogP contribution >= 0.6 is 0 Å². The van der Waals surface area contributed by atoms with Crippen LogP contribution in [0, 0.1) is 11.8 Å². The van der Waals surface area contributed by atoms with Crippen LogP contribution in [0.5, 0.6) is 0 Å². The number of hydrogen-bond donors (Lipinski definition) is 1. The van der Waals surface area contributed by atoms with E-state index < -0.39 is 0 Å². The molecule has 1 aromatic heterocycles. The van der Waals surface area contributed by atoms with Crippen molar-refractivity contribution in [2.75, 3.05) is 7.05 Å². The predicted molar refractivity (Wildman–Crippen MR) is 83.6 cm³/mol. The second-order valence-electron chi connectivity index (χ2n) is 6.31. The lowest BCUT2D eigenvalue weighted by Crippen LogP contribution is -2.29. The zero-order valence-corrected chi connectivity index (χ0v) is 12.8. The van der Waals surface area contributed by atoms with Crippen LogP contribution < -0.4 is 5.32 Å². The van der Waals surface area contributed by atoms with Crippen LogP contribution in [0.4, 0.5) is 0 Å². The van der Waals surface area contributed by atoms with E-state index in [1.807, 2.05) is 11.7 Å². The molecule has 1 N–H and O–H groups in total. The average Bonchev–Trinajstić information content (AvgIpc) is 2.80. The van der Waals surface area contributed by atoms with E-state index in [0.717, 1.165) is 11.8 Å².